The van der Waals surface area contributed by atoms with E-state index in [9.17, 15) is 0 Å². The molecular formula is C14H14Se2. The van der Waals surface area contributed by atoms with Crippen molar-refractivity contribution in [1.82, 2.24) is 0 Å². The molecule has 0 radical (unpaired) electrons. The number of benzene rings is 2. The zero-order valence-electron chi connectivity index (χ0n) is 9.00. The Bertz CT molecular complexity index is 356. The van der Waals surface area contributed by atoms with Gasteiger partial charge in [-0.05, 0) is 0 Å². The van der Waals surface area contributed by atoms with Gasteiger partial charge < -0.3 is 0 Å². The van der Waals surface area contributed by atoms with Crippen molar-refractivity contribution in [3.8, 4) is 0 Å². The first-order valence-corrected chi connectivity index (χ1v) is 12.0. The minimum absolute atomic E-state index is 0.796. The van der Waals surface area contributed by atoms with Crippen LogP contribution in [-0.2, 0) is 10.6 Å². The quantitative estimate of drug-likeness (QED) is 0.580. The molecule has 0 aliphatic carbocycles. The van der Waals surface area contributed by atoms with Gasteiger partial charge in [-0.15, -0.1) is 0 Å². The standard InChI is InChI=1S/C14H14Se2/c1-3-7-13(8-4-1)11-15-16-12-14-9-5-2-6-10-14/h1-10H,11-12H2. The van der Waals surface area contributed by atoms with Crippen LogP contribution in [-0.4, -0.2) is 26.3 Å². The van der Waals surface area contributed by atoms with Crippen molar-refractivity contribution < 1.29 is 0 Å². The van der Waals surface area contributed by atoms with Crippen LogP contribution in [0.3, 0.4) is 0 Å². The molecule has 16 heavy (non-hydrogen) atoms. The summed E-state index contributed by atoms with van der Waals surface area (Å²) in [5.74, 6) is 0. The van der Waals surface area contributed by atoms with E-state index in [1.54, 1.807) is 0 Å². The molecule has 0 amide bonds. The van der Waals surface area contributed by atoms with Gasteiger partial charge in [0.1, 0.15) is 0 Å². The fourth-order valence-corrected chi connectivity index (χ4v) is 7.88. The van der Waals surface area contributed by atoms with Gasteiger partial charge in [-0.25, -0.2) is 0 Å². The summed E-state index contributed by atoms with van der Waals surface area (Å²) in [7, 11) is 0. The summed E-state index contributed by atoms with van der Waals surface area (Å²) in [6.07, 6.45) is 0. The van der Waals surface area contributed by atoms with Gasteiger partial charge in [-0.3, -0.25) is 0 Å². The van der Waals surface area contributed by atoms with Crippen LogP contribution < -0.4 is 0 Å². The Labute approximate surface area is 108 Å². The van der Waals surface area contributed by atoms with Crippen LogP contribution in [0.5, 0.6) is 0 Å². The van der Waals surface area contributed by atoms with E-state index in [4.69, 9.17) is 0 Å². The molecular weight excluding hydrogens is 326 g/mol. The van der Waals surface area contributed by atoms with Gasteiger partial charge >= 0.3 is 109 Å². The summed E-state index contributed by atoms with van der Waals surface area (Å²) in [6, 6.07) is 21.7. The zero-order valence-corrected chi connectivity index (χ0v) is 12.4. The van der Waals surface area contributed by atoms with Crippen molar-refractivity contribution in [1.29, 1.82) is 0 Å². The summed E-state index contributed by atoms with van der Waals surface area (Å²) < 4.78 is 0. The van der Waals surface area contributed by atoms with Gasteiger partial charge in [-0.1, -0.05) is 0 Å². The second kappa shape index (κ2) is 6.93. The predicted octanol–water partition coefficient (Wildman–Crippen LogP) is 2.71. The van der Waals surface area contributed by atoms with Crippen LogP contribution in [0.2, 0.25) is 0 Å². The molecule has 0 aliphatic rings. The number of hydrogen-bond acceptors (Lipinski definition) is 0. The fraction of sp³-hybridized carbons (Fsp3) is 0.143. The molecule has 0 fully saturated rings. The summed E-state index contributed by atoms with van der Waals surface area (Å²) in [4.78, 5) is 0. The molecule has 0 saturated heterocycles. The van der Waals surface area contributed by atoms with Crippen molar-refractivity contribution in [2.45, 2.75) is 10.6 Å². The van der Waals surface area contributed by atoms with Crippen LogP contribution in [0.15, 0.2) is 60.7 Å². The van der Waals surface area contributed by atoms with Crippen molar-refractivity contribution >= 4 is 26.3 Å². The van der Waals surface area contributed by atoms with Crippen LogP contribution in [0.4, 0.5) is 0 Å². The van der Waals surface area contributed by atoms with E-state index in [0.29, 0.717) is 0 Å². The summed E-state index contributed by atoms with van der Waals surface area (Å²) in [5.41, 5.74) is 3.00. The molecule has 2 aromatic carbocycles. The average Bonchev–Trinajstić information content (AvgIpc) is 2.37. The summed E-state index contributed by atoms with van der Waals surface area (Å²) >= 11 is 1.59. The second-order valence-corrected chi connectivity index (χ2v) is 10.8. The Hall–Kier alpha value is -0.521. The maximum atomic E-state index is 2.24. The Morgan fingerprint density at radius 1 is 0.562 bits per heavy atom. The monoisotopic (exact) mass is 342 g/mol. The Balaban J connectivity index is 1.70. The third-order valence-corrected chi connectivity index (χ3v) is 8.85. The first kappa shape index (κ1) is 11.9. The number of hydrogen-bond donors (Lipinski definition) is 0. The molecule has 2 heteroatoms. The average molecular weight is 340 g/mol. The van der Waals surface area contributed by atoms with Gasteiger partial charge in [-0.2, -0.15) is 0 Å². The van der Waals surface area contributed by atoms with E-state index < -0.39 is 0 Å². The van der Waals surface area contributed by atoms with Crippen LogP contribution in [0, 0.1) is 0 Å². The van der Waals surface area contributed by atoms with Crippen molar-refractivity contribution in [3.05, 3.63) is 71.8 Å². The van der Waals surface area contributed by atoms with Gasteiger partial charge in [0.15, 0.2) is 0 Å². The van der Waals surface area contributed by atoms with Gasteiger partial charge in [0, 0.05) is 0 Å². The summed E-state index contributed by atoms with van der Waals surface area (Å²) in [5, 5.41) is 2.58. The van der Waals surface area contributed by atoms with Crippen molar-refractivity contribution in [3.63, 3.8) is 0 Å². The van der Waals surface area contributed by atoms with Crippen LogP contribution >= 0.6 is 0 Å². The normalized spacial score (nSPS) is 10.2. The molecule has 82 valence electrons. The van der Waals surface area contributed by atoms with Crippen molar-refractivity contribution in [2.24, 2.45) is 0 Å². The molecule has 2 aromatic rings. The molecule has 0 bridgehead atoms. The zero-order chi connectivity index (χ0) is 11.1. The Kier molecular flexibility index (Phi) is 5.18. The van der Waals surface area contributed by atoms with E-state index in [0.717, 1.165) is 26.3 Å². The molecule has 2 rings (SSSR count). The van der Waals surface area contributed by atoms with E-state index in [-0.39, 0.29) is 0 Å². The topological polar surface area (TPSA) is 0 Å². The fourth-order valence-electron chi connectivity index (χ4n) is 1.37. The van der Waals surface area contributed by atoms with Gasteiger partial charge in [0.25, 0.3) is 0 Å². The van der Waals surface area contributed by atoms with Crippen LogP contribution in [0.25, 0.3) is 0 Å². The molecule has 0 atom stereocenters. The maximum absolute atomic E-state index is 2.24. The molecule has 0 saturated carbocycles. The third kappa shape index (κ3) is 4.15. The first-order chi connectivity index (χ1) is 7.95. The molecule has 0 aromatic heterocycles. The Morgan fingerprint density at radius 3 is 1.31 bits per heavy atom. The van der Waals surface area contributed by atoms with E-state index in [2.05, 4.69) is 60.7 Å². The molecule has 0 N–H and O–H groups in total. The molecule has 0 spiro atoms. The third-order valence-electron chi connectivity index (χ3n) is 2.22. The van der Waals surface area contributed by atoms with Crippen LogP contribution in [0.1, 0.15) is 11.1 Å². The Morgan fingerprint density at radius 2 is 0.938 bits per heavy atom. The molecule has 0 unspecified atom stereocenters. The van der Waals surface area contributed by atoms with Gasteiger partial charge in [0.2, 0.25) is 0 Å². The second-order valence-electron chi connectivity index (χ2n) is 3.50. The number of rotatable bonds is 5. The van der Waals surface area contributed by atoms with Gasteiger partial charge in [0.05, 0.1) is 0 Å². The minimum atomic E-state index is 0.796. The SMILES string of the molecule is c1ccc(C[Se][Se]Cc2ccccc2)cc1. The molecule has 0 aliphatic heterocycles. The molecule has 0 heterocycles. The molecule has 0 nitrogen and oxygen atoms in total. The van der Waals surface area contributed by atoms with E-state index >= 15 is 0 Å². The van der Waals surface area contributed by atoms with E-state index in [1.165, 1.54) is 21.8 Å². The van der Waals surface area contributed by atoms with E-state index in [1.807, 2.05) is 0 Å². The van der Waals surface area contributed by atoms with Crippen molar-refractivity contribution in [2.75, 3.05) is 0 Å². The first-order valence-electron chi connectivity index (χ1n) is 5.27. The summed E-state index contributed by atoms with van der Waals surface area (Å²) in [6.45, 7) is 0. The predicted molar refractivity (Wildman–Crippen MR) is 71.8 cm³/mol.